The summed E-state index contributed by atoms with van der Waals surface area (Å²) < 4.78 is 36.9. The Morgan fingerprint density at radius 2 is 1.74 bits per heavy atom. The highest BCUT2D eigenvalue weighted by atomic mass is 127. The minimum absolute atomic E-state index is 0.129. The van der Waals surface area contributed by atoms with Crippen LogP contribution in [0.15, 0.2) is 48.5 Å². The maximum absolute atomic E-state index is 15.2. The van der Waals surface area contributed by atoms with E-state index < -0.39 is 40.3 Å². The van der Waals surface area contributed by atoms with Gasteiger partial charge in [0.25, 0.3) is 5.91 Å². The number of carboxylic acid groups (broad SMARTS) is 1. The predicted octanol–water partition coefficient (Wildman–Crippen LogP) is 4.65. The molecule has 0 atom stereocenters. The quantitative estimate of drug-likeness (QED) is 0.309. The lowest BCUT2D eigenvalue weighted by atomic mass is 10.0. The van der Waals surface area contributed by atoms with Crippen molar-refractivity contribution in [3.63, 3.8) is 0 Å². The fourth-order valence-electron chi connectivity index (χ4n) is 4.29. The van der Waals surface area contributed by atoms with Crippen LogP contribution in [0.5, 0.6) is 5.75 Å². The Bertz CT molecular complexity index is 1360. The lowest BCUT2D eigenvalue weighted by Gasteiger charge is -2.36. The average molecular weight is 637 g/mol. The van der Waals surface area contributed by atoms with E-state index in [9.17, 15) is 14.7 Å². The summed E-state index contributed by atoms with van der Waals surface area (Å²) in [5.41, 5.74) is 0.211. The van der Waals surface area contributed by atoms with Gasteiger partial charge in [0, 0.05) is 35.4 Å². The van der Waals surface area contributed by atoms with E-state index in [1.807, 2.05) is 29.2 Å². The Labute approximate surface area is 232 Å². The number of hydrogen-bond donors (Lipinski definition) is 3. The van der Waals surface area contributed by atoms with Gasteiger partial charge in [0.1, 0.15) is 12.4 Å². The molecule has 1 saturated heterocycles. The Kier molecular flexibility index (Phi) is 8.67. The molecule has 0 aromatic heterocycles. The van der Waals surface area contributed by atoms with Crippen molar-refractivity contribution < 1.29 is 33.3 Å². The second kappa shape index (κ2) is 11.9. The third-order valence-electron chi connectivity index (χ3n) is 6.24. The molecule has 200 valence electrons. The van der Waals surface area contributed by atoms with E-state index in [-0.39, 0.29) is 26.3 Å². The number of aryl methyl sites for hydroxylation is 1. The molecule has 1 heterocycles. The standard InChI is InChI=1S/C27H26F2IN3O5/c1-16-14-17(30)6-7-20(16)31-25-19(27(36)37)15-18(23(28)24(25)29)26(35)33-10-8-32(9-11-33)21-4-2-3-5-22(21)38-13-12-34/h2-7,14-15,31,34H,8-13H2,1H3,(H,36,37). The smallest absolute Gasteiger partial charge is 0.337 e. The number of hydrogen-bond acceptors (Lipinski definition) is 6. The zero-order chi connectivity index (χ0) is 27.4. The van der Waals surface area contributed by atoms with Crippen molar-refractivity contribution in [3.8, 4) is 5.75 Å². The molecule has 0 saturated carbocycles. The van der Waals surface area contributed by atoms with Gasteiger partial charge in [-0.15, -0.1) is 0 Å². The van der Waals surface area contributed by atoms with Gasteiger partial charge in [0.05, 0.1) is 29.1 Å². The molecule has 4 rings (SSSR count). The number of benzene rings is 3. The molecule has 0 spiro atoms. The Morgan fingerprint density at radius 1 is 1.03 bits per heavy atom. The highest BCUT2D eigenvalue weighted by Gasteiger charge is 2.30. The molecule has 1 fully saturated rings. The number of anilines is 3. The van der Waals surface area contributed by atoms with Gasteiger partial charge in [-0.2, -0.15) is 0 Å². The molecule has 1 amide bonds. The number of piperazine rings is 1. The van der Waals surface area contributed by atoms with Crippen molar-refractivity contribution in [1.29, 1.82) is 0 Å². The molecule has 38 heavy (non-hydrogen) atoms. The predicted molar refractivity (Wildman–Crippen MR) is 148 cm³/mol. The van der Waals surface area contributed by atoms with Crippen molar-refractivity contribution in [2.24, 2.45) is 0 Å². The molecule has 3 N–H and O–H groups in total. The van der Waals surface area contributed by atoms with Gasteiger partial charge in [-0.1, -0.05) is 12.1 Å². The topological polar surface area (TPSA) is 102 Å². The van der Waals surface area contributed by atoms with Crippen molar-refractivity contribution >= 4 is 51.5 Å². The van der Waals surface area contributed by atoms with E-state index in [2.05, 4.69) is 27.9 Å². The van der Waals surface area contributed by atoms with Crippen LogP contribution in [0.4, 0.5) is 25.8 Å². The van der Waals surface area contributed by atoms with Crippen LogP contribution >= 0.6 is 22.6 Å². The first-order chi connectivity index (χ1) is 18.2. The normalized spacial score (nSPS) is 13.4. The van der Waals surface area contributed by atoms with Crippen LogP contribution in [0.1, 0.15) is 26.3 Å². The molecule has 8 nitrogen and oxygen atoms in total. The number of ether oxygens (including phenoxy) is 1. The number of aromatic carboxylic acids is 1. The number of para-hydroxylation sites is 2. The molecule has 0 bridgehead atoms. The number of aliphatic hydroxyl groups excluding tert-OH is 1. The van der Waals surface area contributed by atoms with E-state index in [0.717, 1.165) is 20.9 Å². The highest BCUT2D eigenvalue weighted by molar-refractivity contribution is 14.1. The van der Waals surface area contributed by atoms with Crippen molar-refractivity contribution in [3.05, 3.63) is 80.4 Å². The van der Waals surface area contributed by atoms with Gasteiger partial charge in [-0.3, -0.25) is 4.79 Å². The van der Waals surface area contributed by atoms with Gasteiger partial charge in [-0.25, -0.2) is 13.6 Å². The minimum Gasteiger partial charge on any atom is -0.489 e. The molecular formula is C27H26F2IN3O5. The van der Waals surface area contributed by atoms with Gasteiger partial charge in [-0.05, 0) is 71.5 Å². The molecule has 0 aliphatic carbocycles. The number of nitrogens with one attached hydrogen (secondary N) is 1. The molecular weight excluding hydrogens is 611 g/mol. The molecule has 3 aromatic rings. The summed E-state index contributed by atoms with van der Waals surface area (Å²) in [5.74, 6) is -4.53. The van der Waals surface area contributed by atoms with Crippen LogP contribution in [0.3, 0.4) is 0 Å². The largest absolute Gasteiger partial charge is 0.489 e. The summed E-state index contributed by atoms with van der Waals surface area (Å²) >= 11 is 2.11. The number of halogens is 3. The second-order valence-corrected chi connectivity index (χ2v) is 9.93. The number of carbonyl (C=O) groups is 2. The molecule has 0 unspecified atom stereocenters. The Morgan fingerprint density at radius 3 is 2.39 bits per heavy atom. The maximum atomic E-state index is 15.2. The molecule has 11 heteroatoms. The molecule has 0 radical (unpaired) electrons. The van der Waals surface area contributed by atoms with Crippen LogP contribution in [0.25, 0.3) is 0 Å². The first-order valence-electron chi connectivity index (χ1n) is 11.9. The summed E-state index contributed by atoms with van der Waals surface area (Å²) in [6, 6.07) is 13.4. The van der Waals surface area contributed by atoms with Crippen LogP contribution in [0, 0.1) is 22.1 Å². The van der Waals surface area contributed by atoms with Crippen LogP contribution in [0.2, 0.25) is 0 Å². The second-order valence-electron chi connectivity index (χ2n) is 8.68. The minimum atomic E-state index is -1.49. The molecule has 1 aliphatic rings. The monoisotopic (exact) mass is 637 g/mol. The van der Waals surface area contributed by atoms with Crippen LogP contribution in [-0.4, -0.2) is 66.4 Å². The molecule has 3 aromatic carbocycles. The summed E-state index contributed by atoms with van der Waals surface area (Å²) in [4.78, 5) is 28.5. The summed E-state index contributed by atoms with van der Waals surface area (Å²) in [6.07, 6.45) is 0. The number of aliphatic hydroxyl groups is 1. The average Bonchev–Trinajstić information content (AvgIpc) is 2.91. The SMILES string of the molecule is Cc1cc(I)ccc1Nc1c(C(=O)O)cc(C(=O)N2CCN(c3ccccc3OCCO)CC2)c(F)c1F. The zero-order valence-electron chi connectivity index (χ0n) is 20.5. The number of amides is 1. The van der Waals surface area contributed by atoms with E-state index in [1.165, 1.54) is 4.90 Å². The fourth-order valence-corrected chi connectivity index (χ4v) is 4.94. The van der Waals surface area contributed by atoms with Crippen molar-refractivity contribution in [2.45, 2.75) is 6.92 Å². The van der Waals surface area contributed by atoms with E-state index in [0.29, 0.717) is 24.5 Å². The Hall–Kier alpha value is -3.45. The van der Waals surface area contributed by atoms with Crippen molar-refractivity contribution in [1.82, 2.24) is 4.90 Å². The lowest BCUT2D eigenvalue weighted by molar-refractivity contribution is 0.0697. The third-order valence-corrected chi connectivity index (χ3v) is 6.91. The molecule has 1 aliphatic heterocycles. The highest BCUT2D eigenvalue weighted by Crippen LogP contribution is 2.32. The first-order valence-corrected chi connectivity index (χ1v) is 12.9. The third kappa shape index (κ3) is 5.83. The van der Waals surface area contributed by atoms with Crippen molar-refractivity contribution in [2.75, 3.05) is 49.6 Å². The summed E-state index contributed by atoms with van der Waals surface area (Å²) in [6.45, 7) is 2.97. The number of nitrogens with zero attached hydrogens (tertiary/aromatic N) is 2. The van der Waals surface area contributed by atoms with E-state index in [4.69, 9.17) is 9.84 Å². The summed E-state index contributed by atoms with van der Waals surface area (Å²) in [7, 11) is 0. The number of carboxylic acids is 1. The van der Waals surface area contributed by atoms with Gasteiger partial charge in [0.15, 0.2) is 11.6 Å². The van der Waals surface area contributed by atoms with Gasteiger partial charge >= 0.3 is 5.97 Å². The fraction of sp³-hybridized carbons (Fsp3) is 0.259. The lowest BCUT2D eigenvalue weighted by Crippen LogP contribution is -2.49. The van der Waals surface area contributed by atoms with E-state index >= 15 is 8.78 Å². The zero-order valence-corrected chi connectivity index (χ0v) is 22.7. The van der Waals surface area contributed by atoms with Crippen LogP contribution < -0.4 is 15.0 Å². The van der Waals surface area contributed by atoms with Gasteiger partial charge in [0.2, 0.25) is 0 Å². The Balaban J connectivity index is 1.56. The van der Waals surface area contributed by atoms with Crippen LogP contribution in [-0.2, 0) is 0 Å². The van der Waals surface area contributed by atoms with Gasteiger partial charge < -0.3 is 30.1 Å². The number of rotatable bonds is 8. The number of carbonyl (C=O) groups excluding carboxylic acids is 1. The maximum Gasteiger partial charge on any atom is 0.337 e. The van der Waals surface area contributed by atoms with E-state index in [1.54, 1.807) is 25.1 Å². The summed E-state index contributed by atoms with van der Waals surface area (Å²) in [5, 5.41) is 21.5. The first kappa shape index (κ1) is 27.6.